The molecule has 440 valence electrons. The minimum absolute atomic E-state index is 0.0112. The van der Waals surface area contributed by atoms with Crippen LogP contribution in [0.5, 0.6) is 0 Å². The van der Waals surface area contributed by atoms with Gasteiger partial charge in [0.25, 0.3) is 0 Å². The molecule has 4 heterocycles. The van der Waals surface area contributed by atoms with Crippen LogP contribution in [0.25, 0.3) is 0 Å². The normalized spacial score (nSPS) is 52.6. The second-order valence-electron chi connectivity index (χ2n) is 25.7. The van der Waals surface area contributed by atoms with Crippen molar-refractivity contribution in [1.29, 1.82) is 0 Å². The monoisotopic (exact) mass is 1090 g/mol. The van der Waals surface area contributed by atoms with Gasteiger partial charge in [0.05, 0.1) is 49.8 Å². The van der Waals surface area contributed by atoms with E-state index < -0.39 is 171 Å². The predicted octanol–water partition coefficient (Wildman–Crippen LogP) is -2.59. The molecule has 15 N–H and O–H groups in total. The fourth-order valence-electron chi connectivity index (χ4n) is 15.9. The molecule has 0 aromatic rings. The minimum atomic E-state index is -1.82. The standard InChI is InChI=1S/C53H90O23/c1-48(2,68)13-9-14-53(8,76-46-42(67)38(63)36(61)28(73-46)22-70-44-40(65)33(58)25(57)21-69-44)23-10-16-52(7)32(23)24(56)18-30-50(5)15-12-31(49(3,4)29(50)11-17-51(30,52)6)74-47-43(39(64)35(60)27(20-55)72-47)75-45-41(66)37(62)34(59)26(19-54)71-45/h9,13,23-47,54-68H,10-12,14-22H2,1-8H3/b13-9+/t23-,24+,25-,26+,27+,28+,29-,30+,31-,32-,33+,34+,35+,36+,37-,38-,39-,40+,41+,42+,43+,44+,45-,46-,47-,50-,51+,52+,53-/m0/s1. The molecule has 0 bridgehead atoms. The number of hydrogen-bond acceptors (Lipinski definition) is 23. The highest BCUT2D eigenvalue weighted by atomic mass is 16.8. The number of fused-ring (bicyclic) bond motifs is 5. The predicted molar refractivity (Wildman–Crippen MR) is 262 cm³/mol. The van der Waals surface area contributed by atoms with Crippen molar-refractivity contribution >= 4 is 0 Å². The fraction of sp³-hybridized carbons (Fsp3) is 0.962. The highest BCUT2D eigenvalue weighted by molar-refractivity contribution is 5.21. The lowest BCUT2D eigenvalue weighted by atomic mass is 9.35. The van der Waals surface area contributed by atoms with E-state index in [1.54, 1.807) is 26.0 Å². The molecule has 4 aliphatic carbocycles. The Morgan fingerprint density at radius 1 is 0.566 bits per heavy atom. The third kappa shape index (κ3) is 10.8. The van der Waals surface area contributed by atoms with Gasteiger partial charge in [0, 0.05) is 0 Å². The molecule has 8 fully saturated rings. The first-order chi connectivity index (χ1) is 35.4. The zero-order chi connectivity index (χ0) is 56.0. The molecule has 4 saturated carbocycles. The van der Waals surface area contributed by atoms with Gasteiger partial charge in [0.15, 0.2) is 25.2 Å². The SMILES string of the molecule is CC(C)(O)/C=C/C[C@](C)(O[C@@H]1O[C@H](CO[C@H]2OC[C@H](O)[C@@H](O)[C@H]2O)[C@@H](O)[C@H](O)[C@H]1O)[C@H]1CC[C@]2(C)[C@@H]1[C@H](O)C[C@@H]1[C@@]3(C)CC[C@H](O[C@@H]4O[C@H](CO)[C@@H](O)[C@H](O)[C@H]4O[C@@H]4O[C@H](CO)[C@@H](O)[C@H](O)[C@H]4O)C(C)(C)[C@@H]3CC[C@]12C. The summed E-state index contributed by atoms with van der Waals surface area (Å²) in [5.41, 5.74) is -4.12. The summed E-state index contributed by atoms with van der Waals surface area (Å²) in [5, 5.41) is 162. The van der Waals surface area contributed by atoms with Gasteiger partial charge in [-0.3, -0.25) is 0 Å². The van der Waals surface area contributed by atoms with Gasteiger partial charge in [-0.15, -0.1) is 0 Å². The number of hydrogen-bond donors (Lipinski definition) is 15. The Labute approximate surface area is 444 Å². The lowest BCUT2D eigenvalue weighted by Crippen LogP contribution is -2.68. The zero-order valence-corrected chi connectivity index (χ0v) is 45.0. The van der Waals surface area contributed by atoms with E-state index in [-0.39, 0.29) is 47.5 Å². The maximum atomic E-state index is 12.8. The van der Waals surface area contributed by atoms with Gasteiger partial charge < -0.3 is 114 Å². The number of rotatable bonds is 15. The molecule has 0 aromatic carbocycles. The molecular weight excluding hydrogens is 1000 g/mol. The summed E-state index contributed by atoms with van der Waals surface area (Å²) in [5.74, 6) is -0.666. The van der Waals surface area contributed by atoms with E-state index >= 15 is 0 Å². The van der Waals surface area contributed by atoms with Crippen molar-refractivity contribution in [3.05, 3.63) is 12.2 Å². The van der Waals surface area contributed by atoms with Crippen molar-refractivity contribution in [2.45, 2.75) is 247 Å². The average molecular weight is 1100 g/mol. The molecule has 0 radical (unpaired) electrons. The first kappa shape index (κ1) is 60.9. The maximum absolute atomic E-state index is 12.8. The summed E-state index contributed by atoms with van der Waals surface area (Å²) in [6, 6.07) is 0. The Morgan fingerprint density at radius 3 is 1.76 bits per heavy atom. The summed E-state index contributed by atoms with van der Waals surface area (Å²) in [6.45, 7) is 14.1. The molecule has 76 heavy (non-hydrogen) atoms. The van der Waals surface area contributed by atoms with Crippen LogP contribution in [-0.2, 0) is 37.9 Å². The van der Waals surface area contributed by atoms with E-state index in [0.29, 0.717) is 32.1 Å². The van der Waals surface area contributed by atoms with Crippen LogP contribution >= 0.6 is 0 Å². The summed E-state index contributed by atoms with van der Waals surface area (Å²) < 4.78 is 48.6. The topological polar surface area (TPSA) is 377 Å². The maximum Gasteiger partial charge on any atom is 0.187 e. The van der Waals surface area contributed by atoms with Gasteiger partial charge >= 0.3 is 0 Å². The largest absolute Gasteiger partial charge is 0.394 e. The second kappa shape index (κ2) is 22.5. The Bertz CT molecular complexity index is 1980. The third-order valence-corrected chi connectivity index (χ3v) is 20.4. The summed E-state index contributed by atoms with van der Waals surface area (Å²) >= 11 is 0. The molecule has 4 saturated heterocycles. The van der Waals surface area contributed by atoms with Crippen LogP contribution in [0.15, 0.2) is 12.2 Å². The van der Waals surface area contributed by atoms with Crippen molar-refractivity contribution in [2.24, 2.45) is 45.3 Å². The van der Waals surface area contributed by atoms with Crippen molar-refractivity contribution in [2.75, 3.05) is 26.4 Å². The number of ether oxygens (including phenoxy) is 8. The molecule has 23 heteroatoms. The van der Waals surface area contributed by atoms with E-state index in [2.05, 4.69) is 34.6 Å². The van der Waals surface area contributed by atoms with E-state index in [9.17, 15) is 76.6 Å². The summed E-state index contributed by atoms with van der Waals surface area (Å²) in [7, 11) is 0. The highest BCUT2D eigenvalue weighted by Crippen LogP contribution is 2.76. The molecule has 8 rings (SSSR count). The number of aliphatic hydroxyl groups excluding tert-OH is 14. The Hall–Kier alpha value is -1.18. The molecule has 23 nitrogen and oxygen atoms in total. The lowest BCUT2D eigenvalue weighted by molar-refractivity contribution is -0.378. The van der Waals surface area contributed by atoms with E-state index in [1.165, 1.54) is 0 Å². The van der Waals surface area contributed by atoms with Crippen LogP contribution in [0, 0.1) is 45.3 Å². The third-order valence-electron chi connectivity index (χ3n) is 20.4. The molecule has 0 amide bonds. The quantitative estimate of drug-likeness (QED) is 0.0591. The van der Waals surface area contributed by atoms with E-state index in [1.807, 2.05) is 6.92 Å². The van der Waals surface area contributed by atoms with Gasteiger partial charge in [0.1, 0.15) is 91.6 Å². The second-order valence-corrected chi connectivity index (χ2v) is 25.7. The van der Waals surface area contributed by atoms with E-state index in [4.69, 9.17) is 37.9 Å². The van der Waals surface area contributed by atoms with Crippen LogP contribution in [-0.4, -0.2) is 243 Å². The molecule has 29 atom stereocenters. The molecule has 0 unspecified atom stereocenters. The van der Waals surface area contributed by atoms with Crippen LogP contribution in [0.1, 0.15) is 107 Å². The van der Waals surface area contributed by atoms with Crippen molar-refractivity contribution in [1.82, 2.24) is 0 Å². The highest BCUT2D eigenvalue weighted by Gasteiger charge is 2.72. The molecule has 8 aliphatic rings. The fourth-order valence-corrected chi connectivity index (χ4v) is 15.9. The van der Waals surface area contributed by atoms with Crippen molar-refractivity contribution in [3.63, 3.8) is 0 Å². The van der Waals surface area contributed by atoms with Crippen LogP contribution < -0.4 is 0 Å². The smallest absolute Gasteiger partial charge is 0.187 e. The molecule has 0 aromatic heterocycles. The van der Waals surface area contributed by atoms with Gasteiger partial charge in [-0.05, 0) is 117 Å². The number of aliphatic hydroxyl groups is 15. The van der Waals surface area contributed by atoms with Gasteiger partial charge in [-0.25, -0.2) is 0 Å². The van der Waals surface area contributed by atoms with Gasteiger partial charge in [-0.1, -0.05) is 46.8 Å². The van der Waals surface area contributed by atoms with Crippen molar-refractivity contribution < 1.29 is 114 Å². The minimum Gasteiger partial charge on any atom is -0.394 e. The van der Waals surface area contributed by atoms with Crippen LogP contribution in [0.4, 0.5) is 0 Å². The Kier molecular flexibility index (Phi) is 18.1. The average Bonchev–Trinajstić information content (AvgIpc) is 3.74. The zero-order valence-electron chi connectivity index (χ0n) is 45.0. The summed E-state index contributed by atoms with van der Waals surface area (Å²) in [4.78, 5) is 0. The van der Waals surface area contributed by atoms with Crippen molar-refractivity contribution in [3.8, 4) is 0 Å². The van der Waals surface area contributed by atoms with E-state index in [0.717, 1.165) is 12.8 Å². The molecule has 0 spiro atoms. The summed E-state index contributed by atoms with van der Waals surface area (Å²) in [6.07, 6.45) is -23.1. The first-order valence-corrected chi connectivity index (χ1v) is 27.4. The first-order valence-electron chi connectivity index (χ1n) is 27.4. The van der Waals surface area contributed by atoms with Crippen LogP contribution in [0.2, 0.25) is 0 Å². The van der Waals surface area contributed by atoms with Gasteiger partial charge in [-0.2, -0.15) is 0 Å². The van der Waals surface area contributed by atoms with Crippen LogP contribution in [0.3, 0.4) is 0 Å². The molecular formula is C53H90O23. The Balaban J connectivity index is 1.02. The molecule has 4 aliphatic heterocycles. The Morgan fingerprint density at radius 2 is 1.13 bits per heavy atom. The van der Waals surface area contributed by atoms with Gasteiger partial charge in [0.2, 0.25) is 0 Å². The lowest BCUT2D eigenvalue weighted by Gasteiger charge is -2.71.